The lowest BCUT2D eigenvalue weighted by Crippen LogP contribution is -2.25. The minimum Gasteiger partial charge on any atom is -0.454 e. The van der Waals surface area contributed by atoms with Crippen molar-refractivity contribution in [2.45, 2.75) is 46.2 Å². The van der Waals surface area contributed by atoms with Gasteiger partial charge >= 0.3 is 0 Å². The van der Waals surface area contributed by atoms with Crippen LogP contribution in [0.2, 0.25) is 0 Å². The van der Waals surface area contributed by atoms with Gasteiger partial charge in [-0.25, -0.2) is 17.8 Å². The third-order valence-corrected chi connectivity index (χ3v) is 9.82. The van der Waals surface area contributed by atoms with Gasteiger partial charge in [-0.3, -0.25) is 13.8 Å². The number of benzene rings is 2. The fourth-order valence-electron chi connectivity index (χ4n) is 6.30. The molecule has 4 aromatic heterocycles. The molecule has 1 aliphatic rings. The summed E-state index contributed by atoms with van der Waals surface area (Å²) in [5.74, 6) is -0.0178. The van der Waals surface area contributed by atoms with E-state index in [-0.39, 0.29) is 24.1 Å². The van der Waals surface area contributed by atoms with Crippen LogP contribution in [0, 0.1) is 5.82 Å². The number of halogens is 1. The Bertz CT molecular complexity index is 2280. The first-order valence-corrected chi connectivity index (χ1v) is 16.7. The minimum absolute atomic E-state index is 0.0130. The summed E-state index contributed by atoms with van der Waals surface area (Å²) in [7, 11) is -2.21. The van der Waals surface area contributed by atoms with Crippen LogP contribution in [0.25, 0.3) is 56.0 Å². The lowest BCUT2D eigenvalue weighted by Gasteiger charge is -2.23. The molecular formula is C34H32FN5O4S. The first-order chi connectivity index (χ1) is 21.5. The van der Waals surface area contributed by atoms with Crippen molar-refractivity contribution in [2.75, 3.05) is 17.6 Å². The lowest BCUT2D eigenvalue weighted by atomic mass is 9.97. The zero-order valence-corrected chi connectivity index (χ0v) is 26.4. The third-order valence-electron chi connectivity index (χ3n) is 8.63. The molecule has 9 nitrogen and oxygen atoms in total. The zero-order valence-electron chi connectivity index (χ0n) is 25.6. The summed E-state index contributed by atoms with van der Waals surface area (Å²) in [6, 6.07) is 16.0. The summed E-state index contributed by atoms with van der Waals surface area (Å²) in [4.78, 5) is 18.6. The van der Waals surface area contributed by atoms with Crippen molar-refractivity contribution in [2.24, 2.45) is 0 Å². The molecule has 0 spiro atoms. The average Bonchev–Trinajstić information content (AvgIpc) is 3.74. The van der Waals surface area contributed by atoms with E-state index in [2.05, 4.69) is 9.67 Å². The minimum atomic E-state index is -3.69. The Morgan fingerprint density at radius 3 is 2.62 bits per heavy atom. The van der Waals surface area contributed by atoms with E-state index < -0.39 is 10.0 Å². The van der Waals surface area contributed by atoms with Crippen LogP contribution in [-0.2, 0) is 23.0 Å². The van der Waals surface area contributed by atoms with Gasteiger partial charge in [0.15, 0.2) is 11.5 Å². The number of carbonyl (C=O) groups excluding carboxylic acids is 1. The summed E-state index contributed by atoms with van der Waals surface area (Å²) in [5.41, 5.74) is 6.17. The number of rotatable bonds is 7. The molecule has 0 unspecified atom stereocenters. The zero-order chi connectivity index (χ0) is 31.8. The number of hydrogen-bond acceptors (Lipinski definition) is 6. The largest absolute Gasteiger partial charge is 0.454 e. The molecule has 0 atom stereocenters. The first-order valence-electron chi connectivity index (χ1n) is 14.9. The fraction of sp³-hybridized carbons (Fsp3) is 0.265. The number of nitrogens with zero attached hydrogens (tertiary/aromatic N) is 5. The molecule has 45 heavy (non-hydrogen) atoms. The monoisotopic (exact) mass is 625 g/mol. The van der Waals surface area contributed by atoms with Gasteiger partial charge < -0.3 is 8.98 Å². The van der Waals surface area contributed by atoms with Crippen LogP contribution in [0.1, 0.15) is 49.2 Å². The Morgan fingerprint density at radius 2 is 1.89 bits per heavy atom. The van der Waals surface area contributed by atoms with Gasteiger partial charge in [0, 0.05) is 54.7 Å². The molecule has 2 aromatic carbocycles. The van der Waals surface area contributed by atoms with E-state index in [1.807, 2.05) is 44.2 Å². The molecule has 1 aliphatic heterocycles. The number of fused-ring (bicyclic) bond motifs is 6. The molecule has 0 radical (unpaired) electrons. The van der Waals surface area contributed by atoms with Gasteiger partial charge in [0.1, 0.15) is 17.1 Å². The van der Waals surface area contributed by atoms with Crippen molar-refractivity contribution < 1.29 is 22.0 Å². The molecule has 7 rings (SSSR count). The molecule has 0 amide bonds. The highest BCUT2D eigenvalue weighted by Gasteiger charge is 2.29. The summed E-state index contributed by atoms with van der Waals surface area (Å²) in [5, 5.41) is 5.52. The molecule has 5 heterocycles. The Labute approximate surface area is 259 Å². The van der Waals surface area contributed by atoms with Gasteiger partial charge in [-0.05, 0) is 62.2 Å². The predicted octanol–water partition coefficient (Wildman–Crippen LogP) is 7.24. The van der Waals surface area contributed by atoms with Crippen LogP contribution in [0.5, 0.6) is 0 Å². The Morgan fingerprint density at radius 1 is 1.09 bits per heavy atom. The molecule has 0 fully saturated rings. The number of aromatic nitrogens is 4. The number of aryl methyl sites for hydroxylation is 2. The van der Waals surface area contributed by atoms with Crippen molar-refractivity contribution in [3.05, 3.63) is 77.7 Å². The Balaban J connectivity index is 1.50. The van der Waals surface area contributed by atoms with E-state index in [9.17, 15) is 17.6 Å². The van der Waals surface area contributed by atoms with E-state index in [1.165, 1.54) is 17.4 Å². The van der Waals surface area contributed by atoms with Gasteiger partial charge in [-0.1, -0.05) is 19.1 Å². The van der Waals surface area contributed by atoms with Crippen molar-refractivity contribution in [1.29, 1.82) is 0 Å². The molecule has 0 saturated carbocycles. The number of carbonyl (C=O) groups is 1. The maximum atomic E-state index is 14.8. The van der Waals surface area contributed by atoms with Crippen LogP contribution >= 0.6 is 0 Å². The number of sulfonamides is 1. The normalized spacial score (nSPS) is 13.0. The smallest absolute Gasteiger partial charge is 0.232 e. The quantitative estimate of drug-likeness (QED) is 0.173. The van der Waals surface area contributed by atoms with Crippen molar-refractivity contribution >= 4 is 43.4 Å². The van der Waals surface area contributed by atoms with Gasteiger partial charge in [0.25, 0.3) is 0 Å². The number of anilines is 1. The molecule has 0 N–H and O–H groups in total. The second-order valence-corrected chi connectivity index (χ2v) is 13.8. The van der Waals surface area contributed by atoms with Crippen LogP contribution < -0.4 is 4.31 Å². The fourth-order valence-corrected chi connectivity index (χ4v) is 6.80. The van der Waals surface area contributed by atoms with E-state index in [0.29, 0.717) is 62.6 Å². The van der Waals surface area contributed by atoms with Crippen molar-refractivity contribution in [1.82, 2.24) is 19.3 Å². The van der Waals surface area contributed by atoms with Gasteiger partial charge in [0.05, 0.1) is 40.1 Å². The number of hydrogen-bond donors (Lipinski definition) is 0. The summed E-state index contributed by atoms with van der Waals surface area (Å²) in [6.07, 6.45) is 3.76. The maximum absolute atomic E-state index is 14.8. The van der Waals surface area contributed by atoms with E-state index in [1.54, 1.807) is 36.0 Å². The number of pyridine rings is 1. The highest BCUT2D eigenvalue weighted by Crippen LogP contribution is 2.43. The van der Waals surface area contributed by atoms with E-state index >= 15 is 0 Å². The SMILES string of the molecule is CCC(=O)c1c(-c2ccnn2C(C)C)oc2cc(N(C)S(C)(=O)=O)c(-c3ccc4c(n3)-c3cc5c(F)cccc5n3CC4)cc12. The average molecular weight is 626 g/mol. The molecule has 0 saturated heterocycles. The second kappa shape index (κ2) is 10.4. The van der Waals surface area contributed by atoms with Gasteiger partial charge in [-0.15, -0.1) is 0 Å². The van der Waals surface area contributed by atoms with E-state index in [0.717, 1.165) is 29.5 Å². The Kier molecular flexibility index (Phi) is 6.70. The number of furan rings is 1. The van der Waals surface area contributed by atoms with Crippen molar-refractivity contribution in [3.8, 4) is 34.1 Å². The van der Waals surface area contributed by atoms with Crippen LogP contribution in [0.3, 0.4) is 0 Å². The highest BCUT2D eigenvalue weighted by atomic mass is 32.2. The van der Waals surface area contributed by atoms with Gasteiger partial charge in [0.2, 0.25) is 10.0 Å². The highest BCUT2D eigenvalue weighted by molar-refractivity contribution is 7.92. The number of Topliss-reactive ketones (excluding diaryl/α,β-unsaturated/α-hetero) is 1. The maximum Gasteiger partial charge on any atom is 0.232 e. The predicted molar refractivity (Wildman–Crippen MR) is 174 cm³/mol. The van der Waals surface area contributed by atoms with Crippen LogP contribution in [-0.4, -0.2) is 46.8 Å². The summed E-state index contributed by atoms with van der Waals surface area (Å²) >= 11 is 0. The molecule has 230 valence electrons. The van der Waals surface area contributed by atoms with Crippen molar-refractivity contribution in [3.63, 3.8) is 0 Å². The second-order valence-electron chi connectivity index (χ2n) is 11.7. The molecule has 11 heteroatoms. The molecule has 0 aliphatic carbocycles. The topological polar surface area (TPSA) is 103 Å². The molecule has 0 bridgehead atoms. The van der Waals surface area contributed by atoms with E-state index in [4.69, 9.17) is 9.40 Å². The lowest BCUT2D eigenvalue weighted by molar-refractivity contribution is 0.0989. The summed E-state index contributed by atoms with van der Waals surface area (Å²) in [6.45, 7) is 6.47. The Hall–Kier alpha value is -4.77. The molecule has 6 aromatic rings. The first kappa shape index (κ1) is 29.0. The third kappa shape index (κ3) is 4.56. The van der Waals surface area contributed by atoms with Gasteiger partial charge in [-0.2, -0.15) is 5.10 Å². The summed E-state index contributed by atoms with van der Waals surface area (Å²) < 4.78 is 52.0. The number of ketones is 1. The molecular weight excluding hydrogens is 593 g/mol. The standard InChI is InChI=1S/C34H32FN5O4S/c1-6-30(41)32-23-16-22(25-11-10-20-13-15-39-26-9-7-8-24(35)21(26)17-29(39)33(20)37-25)28(38(4)45(5,42)43)18-31(23)44-34(32)27-12-14-36-40(27)19(2)3/h7-12,14,16-19H,6,13,15H2,1-5H3. The van der Waals surface area contributed by atoms with Crippen LogP contribution in [0.15, 0.2) is 65.2 Å². The van der Waals surface area contributed by atoms with Crippen LogP contribution in [0.4, 0.5) is 10.1 Å².